The zero-order valence-corrected chi connectivity index (χ0v) is 18.0. The summed E-state index contributed by atoms with van der Waals surface area (Å²) in [5, 5.41) is 0. The molecular formula is C25H18BrN3O2. The van der Waals surface area contributed by atoms with Crippen LogP contribution in [0.1, 0.15) is 17.2 Å². The van der Waals surface area contributed by atoms with Gasteiger partial charge in [0.1, 0.15) is 0 Å². The molecule has 31 heavy (non-hydrogen) atoms. The van der Waals surface area contributed by atoms with Crippen molar-refractivity contribution in [2.24, 2.45) is 0 Å². The van der Waals surface area contributed by atoms with E-state index in [9.17, 15) is 4.79 Å². The monoisotopic (exact) mass is 471 g/mol. The largest absolute Gasteiger partial charge is 0.465 e. The number of pyridine rings is 1. The second-order valence-corrected chi connectivity index (χ2v) is 8.02. The molecule has 0 saturated carbocycles. The molecule has 5 rings (SSSR count). The SMILES string of the molecule is O=c1[nH]c2cc(Br)ccc2n1-c1ccc(OC(c2ccccc2)c2ccccc2)nc1. The number of nitrogens with one attached hydrogen (secondary N) is 1. The molecule has 0 spiro atoms. The Labute approximate surface area is 187 Å². The highest BCUT2D eigenvalue weighted by Gasteiger charge is 2.17. The van der Waals surface area contributed by atoms with Gasteiger partial charge in [0.05, 0.1) is 22.9 Å². The van der Waals surface area contributed by atoms with Crippen molar-refractivity contribution < 1.29 is 4.74 Å². The van der Waals surface area contributed by atoms with Gasteiger partial charge in [0.25, 0.3) is 0 Å². The summed E-state index contributed by atoms with van der Waals surface area (Å²) in [6, 6.07) is 29.4. The minimum absolute atomic E-state index is 0.213. The van der Waals surface area contributed by atoms with E-state index in [-0.39, 0.29) is 11.8 Å². The van der Waals surface area contributed by atoms with Crippen molar-refractivity contribution in [3.63, 3.8) is 0 Å². The number of aromatic nitrogens is 3. The van der Waals surface area contributed by atoms with Crippen LogP contribution in [0.3, 0.4) is 0 Å². The predicted molar refractivity (Wildman–Crippen MR) is 125 cm³/mol. The zero-order valence-electron chi connectivity index (χ0n) is 16.4. The van der Waals surface area contributed by atoms with Crippen LogP contribution in [0.5, 0.6) is 5.88 Å². The van der Waals surface area contributed by atoms with E-state index in [0.717, 1.165) is 26.6 Å². The molecule has 5 aromatic rings. The van der Waals surface area contributed by atoms with Crippen LogP contribution in [-0.2, 0) is 0 Å². The molecule has 0 bridgehead atoms. The van der Waals surface area contributed by atoms with Gasteiger partial charge in [0.2, 0.25) is 5.88 Å². The van der Waals surface area contributed by atoms with Gasteiger partial charge in [-0.3, -0.25) is 4.57 Å². The molecule has 5 nitrogen and oxygen atoms in total. The average Bonchev–Trinajstić information content (AvgIpc) is 3.13. The molecule has 0 saturated heterocycles. The van der Waals surface area contributed by atoms with Gasteiger partial charge in [-0.2, -0.15) is 0 Å². The Morgan fingerprint density at radius 2 is 1.55 bits per heavy atom. The number of ether oxygens (including phenoxy) is 1. The lowest BCUT2D eigenvalue weighted by Crippen LogP contribution is -2.15. The van der Waals surface area contributed by atoms with Gasteiger partial charge in [-0.1, -0.05) is 76.6 Å². The van der Waals surface area contributed by atoms with Crippen molar-refractivity contribution in [2.45, 2.75) is 6.10 Å². The maximum atomic E-state index is 12.5. The highest BCUT2D eigenvalue weighted by molar-refractivity contribution is 9.10. The summed E-state index contributed by atoms with van der Waals surface area (Å²) in [6.07, 6.45) is 1.37. The van der Waals surface area contributed by atoms with Gasteiger partial charge in [-0.25, -0.2) is 9.78 Å². The molecule has 0 aliphatic carbocycles. The quantitative estimate of drug-likeness (QED) is 0.360. The smallest absolute Gasteiger partial charge is 0.331 e. The summed E-state index contributed by atoms with van der Waals surface area (Å²) in [5.74, 6) is 0.483. The van der Waals surface area contributed by atoms with Crippen LogP contribution >= 0.6 is 15.9 Å². The summed E-state index contributed by atoms with van der Waals surface area (Å²) in [5.41, 5.74) is 4.08. The summed E-state index contributed by atoms with van der Waals surface area (Å²) < 4.78 is 8.79. The normalized spacial score (nSPS) is 11.2. The van der Waals surface area contributed by atoms with Crippen LogP contribution in [0.15, 0.2) is 106 Å². The topological polar surface area (TPSA) is 59.9 Å². The first-order chi connectivity index (χ1) is 15.2. The fourth-order valence-corrected chi connectivity index (χ4v) is 3.98. The van der Waals surface area contributed by atoms with Gasteiger partial charge in [-0.15, -0.1) is 0 Å². The van der Waals surface area contributed by atoms with Crippen LogP contribution in [-0.4, -0.2) is 14.5 Å². The van der Waals surface area contributed by atoms with Gasteiger partial charge < -0.3 is 9.72 Å². The summed E-state index contributed by atoms with van der Waals surface area (Å²) in [4.78, 5) is 19.9. The molecular weight excluding hydrogens is 454 g/mol. The minimum atomic E-state index is -0.283. The van der Waals surface area contributed by atoms with Crippen LogP contribution in [0.4, 0.5) is 0 Å². The van der Waals surface area contributed by atoms with Crippen molar-refractivity contribution >= 4 is 27.0 Å². The van der Waals surface area contributed by atoms with E-state index in [1.54, 1.807) is 16.8 Å². The first-order valence-corrected chi connectivity index (χ1v) is 10.6. The van der Waals surface area contributed by atoms with Gasteiger partial charge in [-0.05, 0) is 35.4 Å². The number of benzene rings is 3. The highest BCUT2D eigenvalue weighted by atomic mass is 79.9. The third-order valence-corrected chi connectivity index (χ3v) is 5.56. The molecule has 0 radical (unpaired) electrons. The summed E-state index contributed by atoms with van der Waals surface area (Å²) in [6.45, 7) is 0. The van der Waals surface area contributed by atoms with Crippen molar-refractivity contribution in [3.8, 4) is 11.6 Å². The van der Waals surface area contributed by atoms with E-state index in [1.807, 2.05) is 84.9 Å². The first kappa shape index (κ1) is 19.3. The Balaban J connectivity index is 1.49. The summed E-state index contributed by atoms with van der Waals surface area (Å²) >= 11 is 3.43. The molecule has 0 amide bonds. The fraction of sp³-hybridized carbons (Fsp3) is 0.0400. The first-order valence-electron chi connectivity index (χ1n) is 9.82. The third-order valence-electron chi connectivity index (χ3n) is 5.07. The van der Waals surface area contributed by atoms with E-state index < -0.39 is 0 Å². The molecule has 0 fully saturated rings. The second kappa shape index (κ2) is 8.24. The molecule has 1 N–H and O–H groups in total. The van der Waals surface area contributed by atoms with Gasteiger partial charge in [0.15, 0.2) is 6.10 Å². The molecule has 0 aliphatic heterocycles. The zero-order chi connectivity index (χ0) is 21.2. The molecule has 6 heteroatoms. The lowest BCUT2D eigenvalue weighted by molar-refractivity contribution is 0.237. The maximum Gasteiger partial charge on any atom is 0.331 e. The van der Waals surface area contributed by atoms with E-state index >= 15 is 0 Å². The number of fused-ring (bicyclic) bond motifs is 1. The van der Waals surface area contributed by atoms with Crippen molar-refractivity contribution in [1.29, 1.82) is 0 Å². The van der Waals surface area contributed by atoms with Crippen molar-refractivity contribution in [2.75, 3.05) is 0 Å². The Kier molecular flexibility index (Phi) is 5.14. The number of rotatable bonds is 5. The van der Waals surface area contributed by atoms with Crippen LogP contribution in [0.25, 0.3) is 16.7 Å². The Morgan fingerprint density at radius 1 is 0.871 bits per heavy atom. The minimum Gasteiger partial charge on any atom is -0.465 e. The molecule has 0 atom stereocenters. The summed E-state index contributed by atoms with van der Waals surface area (Å²) in [7, 11) is 0. The molecule has 2 heterocycles. The Hall–Kier alpha value is -3.64. The van der Waals surface area contributed by atoms with Crippen molar-refractivity contribution in [1.82, 2.24) is 14.5 Å². The lowest BCUT2D eigenvalue weighted by atomic mass is 10.0. The number of nitrogens with zero attached hydrogens (tertiary/aromatic N) is 2. The molecule has 2 aromatic heterocycles. The third kappa shape index (κ3) is 3.90. The van der Waals surface area contributed by atoms with Gasteiger partial charge in [0, 0.05) is 10.5 Å². The predicted octanol–water partition coefficient (Wildman–Crippen LogP) is 5.64. The number of hydrogen-bond acceptors (Lipinski definition) is 3. The Morgan fingerprint density at radius 3 is 2.16 bits per heavy atom. The van der Waals surface area contributed by atoms with Gasteiger partial charge >= 0.3 is 5.69 Å². The van der Waals surface area contributed by atoms with Crippen LogP contribution < -0.4 is 10.4 Å². The highest BCUT2D eigenvalue weighted by Crippen LogP contribution is 2.28. The molecule has 152 valence electrons. The Bertz CT molecular complexity index is 1340. The number of aromatic amines is 1. The van der Waals surface area contributed by atoms with E-state index in [0.29, 0.717) is 11.6 Å². The standard InChI is InChI=1S/C25H18BrN3O2/c26-19-11-13-22-21(15-19)28-25(30)29(22)20-12-14-23(27-16-20)31-24(17-7-3-1-4-8-17)18-9-5-2-6-10-18/h1-16,24H,(H,28,30). The molecule has 0 unspecified atom stereocenters. The van der Waals surface area contributed by atoms with E-state index in [4.69, 9.17) is 4.74 Å². The van der Waals surface area contributed by atoms with Crippen molar-refractivity contribution in [3.05, 3.63) is 123 Å². The number of H-pyrrole nitrogens is 1. The van der Waals surface area contributed by atoms with Crippen LogP contribution in [0, 0.1) is 0 Å². The number of imidazole rings is 1. The number of halogens is 1. The average molecular weight is 472 g/mol. The lowest BCUT2D eigenvalue weighted by Gasteiger charge is -2.19. The van der Waals surface area contributed by atoms with E-state index in [1.165, 1.54) is 0 Å². The fourth-order valence-electron chi connectivity index (χ4n) is 3.62. The number of hydrogen-bond donors (Lipinski definition) is 1. The second-order valence-electron chi connectivity index (χ2n) is 7.10. The molecule has 0 aliphatic rings. The van der Waals surface area contributed by atoms with E-state index in [2.05, 4.69) is 25.9 Å². The molecule has 3 aromatic carbocycles. The van der Waals surface area contributed by atoms with Crippen LogP contribution in [0.2, 0.25) is 0 Å². The maximum absolute atomic E-state index is 12.5.